The molecular weight excluding hydrogens is 172 g/mol. The standard InChI is InChI=1S/C13H19O/c1-10(9-14)11-6-5-7-12(8-11)13(2,3)4/h5-8,14H,9H2,1-4H3. The molecule has 0 unspecified atom stereocenters. The van der Waals surface area contributed by atoms with Gasteiger partial charge in [0.25, 0.3) is 0 Å². The summed E-state index contributed by atoms with van der Waals surface area (Å²) < 4.78 is 0. The molecule has 1 aromatic rings. The van der Waals surface area contributed by atoms with Crippen molar-refractivity contribution < 1.29 is 5.11 Å². The Labute approximate surface area is 86.8 Å². The van der Waals surface area contributed by atoms with E-state index in [9.17, 15) is 0 Å². The SMILES string of the molecule is C[C](CO)c1cccc(C(C)(C)C)c1. The summed E-state index contributed by atoms with van der Waals surface area (Å²) in [5.41, 5.74) is 2.62. The zero-order valence-corrected chi connectivity index (χ0v) is 9.46. The van der Waals surface area contributed by atoms with Gasteiger partial charge >= 0.3 is 0 Å². The Balaban J connectivity index is 3.01. The lowest BCUT2D eigenvalue weighted by atomic mass is 9.85. The molecule has 0 heterocycles. The predicted octanol–water partition coefficient (Wildman–Crippen LogP) is 2.92. The molecule has 0 aromatic heterocycles. The van der Waals surface area contributed by atoms with Gasteiger partial charge in [0.1, 0.15) is 0 Å². The first-order valence-electron chi connectivity index (χ1n) is 4.99. The molecule has 1 aromatic carbocycles. The van der Waals surface area contributed by atoms with Crippen molar-refractivity contribution in [3.63, 3.8) is 0 Å². The third-order valence-corrected chi connectivity index (χ3v) is 2.46. The molecule has 0 aliphatic carbocycles. The Morgan fingerprint density at radius 3 is 2.43 bits per heavy atom. The number of aliphatic hydroxyl groups is 1. The van der Waals surface area contributed by atoms with E-state index in [1.165, 1.54) is 5.56 Å². The molecule has 0 spiro atoms. The van der Waals surface area contributed by atoms with Crippen molar-refractivity contribution in [1.82, 2.24) is 0 Å². The van der Waals surface area contributed by atoms with Crippen molar-refractivity contribution in [1.29, 1.82) is 0 Å². The number of hydrogen-bond acceptors (Lipinski definition) is 1. The lowest BCUT2D eigenvalue weighted by molar-refractivity contribution is 0.315. The summed E-state index contributed by atoms with van der Waals surface area (Å²) in [5.74, 6) is 1.02. The zero-order chi connectivity index (χ0) is 10.8. The van der Waals surface area contributed by atoms with Crippen LogP contribution in [0.4, 0.5) is 0 Å². The molecule has 1 heteroatoms. The third kappa shape index (κ3) is 2.58. The summed E-state index contributed by atoms with van der Waals surface area (Å²) in [7, 11) is 0. The van der Waals surface area contributed by atoms with Gasteiger partial charge in [-0.2, -0.15) is 0 Å². The summed E-state index contributed by atoms with van der Waals surface area (Å²) in [5, 5.41) is 9.04. The largest absolute Gasteiger partial charge is 0.395 e. The van der Waals surface area contributed by atoms with Crippen LogP contribution in [0.3, 0.4) is 0 Å². The Morgan fingerprint density at radius 1 is 1.29 bits per heavy atom. The van der Waals surface area contributed by atoms with E-state index in [0.29, 0.717) is 0 Å². The second kappa shape index (κ2) is 4.14. The normalized spacial score (nSPS) is 12.1. The highest BCUT2D eigenvalue weighted by Gasteiger charge is 2.14. The van der Waals surface area contributed by atoms with Crippen molar-refractivity contribution in [2.24, 2.45) is 0 Å². The fraction of sp³-hybridized carbons (Fsp3) is 0.462. The first-order valence-corrected chi connectivity index (χ1v) is 4.99. The lowest BCUT2D eigenvalue weighted by Crippen LogP contribution is -2.12. The Kier molecular flexibility index (Phi) is 3.33. The molecule has 0 amide bonds. The van der Waals surface area contributed by atoms with Gasteiger partial charge in [-0.1, -0.05) is 52.0 Å². The molecule has 0 saturated heterocycles. The molecule has 1 nitrogen and oxygen atoms in total. The quantitative estimate of drug-likeness (QED) is 0.762. The van der Waals surface area contributed by atoms with Gasteiger partial charge in [-0.25, -0.2) is 0 Å². The summed E-state index contributed by atoms with van der Waals surface area (Å²) in [4.78, 5) is 0. The molecule has 1 rings (SSSR count). The van der Waals surface area contributed by atoms with Crippen molar-refractivity contribution >= 4 is 0 Å². The first-order chi connectivity index (χ1) is 6.45. The molecule has 0 aliphatic heterocycles. The molecule has 14 heavy (non-hydrogen) atoms. The predicted molar refractivity (Wildman–Crippen MR) is 60.2 cm³/mol. The lowest BCUT2D eigenvalue weighted by Gasteiger charge is -2.20. The van der Waals surface area contributed by atoms with Crippen LogP contribution < -0.4 is 0 Å². The van der Waals surface area contributed by atoms with E-state index >= 15 is 0 Å². The van der Waals surface area contributed by atoms with Crippen molar-refractivity contribution in [3.05, 3.63) is 41.3 Å². The van der Waals surface area contributed by atoms with E-state index in [2.05, 4.69) is 39.0 Å². The highest BCUT2D eigenvalue weighted by atomic mass is 16.3. The van der Waals surface area contributed by atoms with E-state index in [1.54, 1.807) is 0 Å². The topological polar surface area (TPSA) is 20.2 Å². The van der Waals surface area contributed by atoms with Gasteiger partial charge in [-0.15, -0.1) is 0 Å². The minimum atomic E-state index is 0.133. The van der Waals surface area contributed by atoms with Gasteiger partial charge in [0.2, 0.25) is 0 Å². The van der Waals surface area contributed by atoms with E-state index in [1.807, 2.05) is 13.0 Å². The summed E-state index contributed by atoms with van der Waals surface area (Å²) in [6.07, 6.45) is 0. The Hall–Kier alpha value is -0.820. The van der Waals surface area contributed by atoms with Gasteiger partial charge in [0.05, 0.1) is 6.61 Å². The van der Waals surface area contributed by atoms with Crippen LogP contribution in [-0.4, -0.2) is 11.7 Å². The summed E-state index contributed by atoms with van der Waals surface area (Å²) in [6.45, 7) is 8.68. The van der Waals surface area contributed by atoms with E-state index in [0.717, 1.165) is 11.5 Å². The van der Waals surface area contributed by atoms with Crippen molar-refractivity contribution in [3.8, 4) is 0 Å². The minimum Gasteiger partial charge on any atom is -0.395 e. The number of benzene rings is 1. The maximum atomic E-state index is 9.04. The fourth-order valence-electron chi connectivity index (χ4n) is 1.34. The Bertz CT molecular complexity index is 296. The Morgan fingerprint density at radius 2 is 1.93 bits per heavy atom. The van der Waals surface area contributed by atoms with Gasteiger partial charge in [-0.3, -0.25) is 0 Å². The van der Waals surface area contributed by atoms with Crippen LogP contribution in [0.5, 0.6) is 0 Å². The van der Waals surface area contributed by atoms with Crippen LogP contribution in [0.1, 0.15) is 38.8 Å². The van der Waals surface area contributed by atoms with Crippen LogP contribution in [0, 0.1) is 5.92 Å². The van der Waals surface area contributed by atoms with Gasteiger partial charge in [0.15, 0.2) is 0 Å². The van der Waals surface area contributed by atoms with Crippen LogP contribution in [-0.2, 0) is 5.41 Å². The van der Waals surface area contributed by atoms with Crippen LogP contribution in [0.15, 0.2) is 24.3 Å². The third-order valence-electron chi connectivity index (χ3n) is 2.46. The monoisotopic (exact) mass is 191 g/mol. The van der Waals surface area contributed by atoms with Crippen LogP contribution >= 0.6 is 0 Å². The summed E-state index contributed by atoms with van der Waals surface area (Å²) >= 11 is 0. The highest BCUT2D eigenvalue weighted by molar-refractivity contribution is 5.36. The van der Waals surface area contributed by atoms with E-state index in [4.69, 9.17) is 5.11 Å². The van der Waals surface area contributed by atoms with Gasteiger partial charge in [0, 0.05) is 5.92 Å². The summed E-state index contributed by atoms with van der Waals surface area (Å²) in [6, 6.07) is 8.38. The molecule has 0 bridgehead atoms. The molecule has 0 atom stereocenters. The van der Waals surface area contributed by atoms with Gasteiger partial charge in [-0.05, 0) is 16.5 Å². The van der Waals surface area contributed by atoms with Crippen LogP contribution in [0.25, 0.3) is 0 Å². The van der Waals surface area contributed by atoms with E-state index < -0.39 is 0 Å². The van der Waals surface area contributed by atoms with Gasteiger partial charge < -0.3 is 5.11 Å². The number of rotatable bonds is 2. The second-order valence-corrected chi connectivity index (χ2v) is 4.77. The van der Waals surface area contributed by atoms with E-state index in [-0.39, 0.29) is 12.0 Å². The zero-order valence-electron chi connectivity index (χ0n) is 9.46. The average Bonchev–Trinajstić information content (AvgIpc) is 2.15. The molecule has 1 radical (unpaired) electrons. The van der Waals surface area contributed by atoms with Crippen molar-refractivity contribution in [2.45, 2.75) is 33.1 Å². The fourth-order valence-corrected chi connectivity index (χ4v) is 1.34. The van der Waals surface area contributed by atoms with Crippen LogP contribution in [0.2, 0.25) is 0 Å². The average molecular weight is 191 g/mol. The maximum absolute atomic E-state index is 9.04. The minimum absolute atomic E-state index is 0.133. The van der Waals surface area contributed by atoms with Crippen molar-refractivity contribution in [2.75, 3.05) is 6.61 Å². The number of aliphatic hydroxyl groups excluding tert-OH is 1. The molecule has 0 fully saturated rings. The highest BCUT2D eigenvalue weighted by Crippen LogP contribution is 2.25. The smallest absolute Gasteiger partial charge is 0.0534 e. The molecular formula is C13H19O. The first kappa shape index (κ1) is 11.3. The second-order valence-electron chi connectivity index (χ2n) is 4.77. The molecule has 77 valence electrons. The molecule has 1 N–H and O–H groups in total. The maximum Gasteiger partial charge on any atom is 0.0534 e. The molecule has 0 saturated carbocycles. The molecule has 0 aliphatic rings. The number of hydrogen-bond donors (Lipinski definition) is 1.